The molecule has 0 saturated carbocycles. The van der Waals surface area contributed by atoms with Crippen molar-refractivity contribution in [1.82, 2.24) is 19.7 Å². The number of amides is 1. The van der Waals surface area contributed by atoms with Crippen LogP contribution in [0.4, 0.5) is 0 Å². The molecule has 1 unspecified atom stereocenters. The van der Waals surface area contributed by atoms with Gasteiger partial charge in [-0.3, -0.25) is 4.79 Å². The van der Waals surface area contributed by atoms with Crippen LogP contribution < -0.4 is 5.73 Å². The Bertz CT molecular complexity index is 336. The van der Waals surface area contributed by atoms with Crippen LogP contribution in [0, 0.1) is 0 Å². The summed E-state index contributed by atoms with van der Waals surface area (Å²) >= 11 is 0. The van der Waals surface area contributed by atoms with Crippen LogP contribution in [0.15, 0.2) is 12.7 Å². The highest BCUT2D eigenvalue weighted by atomic mass is 16.2. The Morgan fingerprint density at radius 1 is 1.67 bits per heavy atom. The predicted molar refractivity (Wildman–Crippen MR) is 53.9 cm³/mol. The Labute approximate surface area is 88.1 Å². The third kappa shape index (κ3) is 1.99. The molecule has 1 aromatic rings. The fraction of sp³-hybridized carbons (Fsp3) is 0.667. The van der Waals surface area contributed by atoms with Crippen molar-refractivity contribution in [2.24, 2.45) is 5.73 Å². The average molecular weight is 209 g/mol. The van der Waals surface area contributed by atoms with Gasteiger partial charge in [0.05, 0.1) is 0 Å². The van der Waals surface area contributed by atoms with Gasteiger partial charge in [-0.2, -0.15) is 5.10 Å². The first-order valence-electron chi connectivity index (χ1n) is 5.07. The Kier molecular flexibility index (Phi) is 2.68. The van der Waals surface area contributed by atoms with Crippen LogP contribution in [-0.2, 0) is 4.79 Å². The summed E-state index contributed by atoms with van der Waals surface area (Å²) < 4.78 is 1.56. The van der Waals surface area contributed by atoms with E-state index in [9.17, 15) is 4.79 Å². The highest BCUT2D eigenvalue weighted by Gasteiger charge is 2.28. The van der Waals surface area contributed by atoms with E-state index in [2.05, 4.69) is 10.1 Å². The minimum absolute atomic E-state index is 0.0634. The molecule has 1 aliphatic heterocycles. The maximum Gasteiger partial charge on any atom is 0.247 e. The zero-order valence-corrected chi connectivity index (χ0v) is 8.71. The lowest BCUT2D eigenvalue weighted by Gasteiger charge is -2.20. The zero-order valence-electron chi connectivity index (χ0n) is 8.71. The molecule has 1 saturated heterocycles. The van der Waals surface area contributed by atoms with E-state index in [4.69, 9.17) is 5.73 Å². The second-order valence-electron chi connectivity index (χ2n) is 3.88. The first-order valence-corrected chi connectivity index (χ1v) is 5.07. The molecule has 2 heterocycles. The maximum absolute atomic E-state index is 12.0. The lowest BCUT2D eigenvalue weighted by atomic mass is 10.3. The first kappa shape index (κ1) is 10.1. The number of hydrogen-bond acceptors (Lipinski definition) is 4. The third-order valence-electron chi connectivity index (χ3n) is 2.73. The van der Waals surface area contributed by atoms with Gasteiger partial charge < -0.3 is 10.6 Å². The van der Waals surface area contributed by atoms with Crippen molar-refractivity contribution >= 4 is 5.91 Å². The summed E-state index contributed by atoms with van der Waals surface area (Å²) in [4.78, 5) is 17.6. The van der Waals surface area contributed by atoms with Gasteiger partial charge in [0, 0.05) is 19.1 Å². The van der Waals surface area contributed by atoms with E-state index < -0.39 is 0 Å². The van der Waals surface area contributed by atoms with Crippen LogP contribution in [0.25, 0.3) is 0 Å². The Morgan fingerprint density at radius 2 is 2.47 bits per heavy atom. The molecule has 82 valence electrons. The molecule has 1 fully saturated rings. The van der Waals surface area contributed by atoms with Gasteiger partial charge in [-0.25, -0.2) is 9.67 Å². The van der Waals surface area contributed by atoms with Crippen molar-refractivity contribution in [3.05, 3.63) is 12.7 Å². The molecule has 2 N–H and O–H groups in total. The molecule has 1 amide bonds. The smallest absolute Gasteiger partial charge is 0.247 e. The van der Waals surface area contributed by atoms with E-state index in [0.717, 1.165) is 13.0 Å². The monoisotopic (exact) mass is 209 g/mol. The molecule has 1 aliphatic rings. The molecule has 6 heteroatoms. The summed E-state index contributed by atoms with van der Waals surface area (Å²) in [5.41, 5.74) is 5.75. The number of rotatable bonds is 2. The van der Waals surface area contributed by atoms with E-state index in [1.54, 1.807) is 15.9 Å². The number of nitrogens with two attached hydrogens (primary N) is 1. The van der Waals surface area contributed by atoms with Crippen molar-refractivity contribution in [2.75, 3.05) is 13.1 Å². The second-order valence-corrected chi connectivity index (χ2v) is 3.88. The minimum Gasteiger partial charge on any atom is -0.339 e. The lowest BCUT2D eigenvalue weighted by molar-refractivity contribution is -0.133. The van der Waals surface area contributed by atoms with Crippen LogP contribution in [0.2, 0.25) is 0 Å². The number of hydrogen-bond donors (Lipinski definition) is 1. The fourth-order valence-electron chi connectivity index (χ4n) is 1.78. The summed E-state index contributed by atoms with van der Waals surface area (Å²) in [6, 6.07) is -0.172. The number of carbonyl (C=O) groups is 1. The van der Waals surface area contributed by atoms with Crippen LogP contribution in [0.1, 0.15) is 19.4 Å². The van der Waals surface area contributed by atoms with E-state index in [1.165, 1.54) is 6.33 Å². The average Bonchev–Trinajstić information content (AvgIpc) is 2.85. The number of likely N-dealkylation sites (tertiary alicyclic amines) is 1. The Morgan fingerprint density at radius 3 is 3.00 bits per heavy atom. The molecule has 0 radical (unpaired) electrons. The van der Waals surface area contributed by atoms with E-state index >= 15 is 0 Å². The van der Waals surface area contributed by atoms with Crippen molar-refractivity contribution in [3.63, 3.8) is 0 Å². The van der Waals surface area contributed by atoms with Crippen LogP contribution >= 0.6 is 0 Å². The topological polar surface area (TPSA) is 77.0 Å². The SMILES string of the molecule is CC(C(=O)N1CC[C@@H](N)C1)n1cncn1. The van der Waals surface area contributed by atoms with Gasteiger partial charge in [0.15, 0.2) is 0 Å². The lowest BCUT2D eigenvalue weighted by Crippen LogP contribution is -2.36. The molecule has 2 atom stereocenters. The standard InChI is InChI=1S/C9H15N5O/c1-7(14-6-11-5-12-14)9(15)13-3-2-8(10)4-13/h5-8H,2-4,10H2,1H3/t7?,8-/m1/s1. The molecule has 0 bridgehead atoms. The van der Waals surface area contributed by atoms with Gasteiger partial charge in [-0.1, -0.05) is 0 Å². The number of carbonyl (C=O) groups excluding carboxylic acids is 1. The van der Waals surface area contributed by atoms with Crippen molar-refractivity contribution in [1.29, 1.82) is 0 Å². The Balaban J connectivity index is 2.02. The summed E-state index contributed by atoms with van der Waals surface area (Å²) in [6.45, 7) is 3.22. The number of aromatic nitrogens is 3. The molecular weight excluding hydrogens is 194 g/mol. The zero-order chi connectivity index (χ0) is 10.8. The molecule has 15 heavy (non-hydrogen) atoms. The van der Waals surface area contributed by atoms with E-state index in [1.807, 2.05) is 6.92 Å². The molecular formula is C9H15N5O. The quantitative estimate of drug-likeness (QED) is 0.705. The van der Waals surface area contributed by atoms with E-state index in [0.29, 0.717) is 6.54 Å². The van der Waals surface area contributed by atoms with Crippen molar-refractivity contribution in [2.45, 2.75) is 25.4 Å². The third-order valence-corrected chi connectivity index (χ3v) is 2.73. The van der Waals surface area contributed by atoms with Gasteiger partial charge in [-0.15, -0.1) is 0 Å². The second kappa shape index (κ2) is 3.98. The van der Waals surface area contributed by atoms with Gasteiger partial charge >= 0.3 is 0 Å². The molecule has 0 spiro atoms. The summed E-state index contributed by atoms with van der Waals surface area (Å²) in [6.07, 6.45) is 3.87. The van der Waals surface area contributed by atoms with Crippen molar-refractivity contribution in [3.8, 4) is 0 Å². The predicted octanol–water partition coefficient (Wildman–Crippen LogP) is -0.601. The summed E-state index contributed by atoms with van der Waals surface area (Å²) in [5.74, 6) is 0.0634. The van der Waals surface area contributed by atoms with Gasteiger partial charge in [0.2, 0.25) is 5.91 Å². The molecule has 0 aliphatic carbocycles. The highest BCUT2D eigenvalue weighted by Crippen LogP contribution is 2.13. The molecule has 2 rings (SSSR count). The first-order chi connectivity index (χ1) is 7.18. The van der Waals surface area contributed by atoms with Crippen LogP contribution in [-0.4, -0.2) is 44.7 Å². The van der Waals surface area contributed by atoms with Crippen LogP contribution in [0.3, 0.4) is 0 Å². The Hall–Kier alpha value is -1.43. The molecule has 1 aromatic heterocycles. The summed E-state index contributed by atoms with van der Waals surface area (Å²) in [5, 5.41) is 3.95. The number of nitrogens with zero attached hydrogens (tertiary/aromatic N) is 4. The van der Waals surface area contributed by atoms with Gasteiger partial charge in [0.1, 0.15) is 18.7 Å². The van der Waals surface area contributed by atoms with Crippen LogP contribution in [0.5, 0.6) is 0 Å². The van der Waals surface area contributed by atoms with Crippen molar-refractivity contribution < 1.29 is 4.79 Å². The highest BCUT2D eigenvalue weighted by molar-refractivity contribution is 5.80. The molecule has 6 nitrogen and oxygen atoms in total. The minimum atomic E-state index is -0.294. The normalized spacial score (nSPS) is 23.1. The summed E-state index contributed by atoms with van der Waals surface area (Å²) in [7, 11) is 0. The van der Waals surface area contributed by atoms with Gasteiger partial charge in [-0.05, 0) is 13.3 Å². The van der Waals surface area contributed by atoms with Gasteiger partial charge in [0.25, 0.3) is 0 Å². The maximum atomic E-state index is 12.0. The van der Waals surface area contributed by atoms with E-state index in [-0.39, 0.29) is 18.0 Å². The largest absolute Gasteiger partial charge is 0.339 e. The fourth-order valence-corrected chi connectivity index (χ4v) is 1.78. The molecule has 0 aromatic carbocycles.